The van der Waals surface area contributed by atoms with Gasteiger partial charge in [-0.15, -0.1) is 0 Å². The van der Waals surface area contributed by atoms with E-state index in [1.807, 2.05) is 0 Å². The zero-order valence-electron chi connectivity index (χ0n) is 9.76. The number of carbonyl (C=O) groups is 1. The molecule has 0 saturated carbocycles. The van der Waals surface area contributed by atoms with Gasteiger partial charge in [0.05, 0.1) is 24.3 Å². The third-order valence-electron chi connectivity index (χ3n) is 2.16. The largest absolute Gasteiger partial charge is 0.492 e. The molecule has 17 heavy (non-hydrogen) atoms. The lowest BCUT2D eigenvalue weighted by Gasteiger charge is -2.11. The Hall–Kier alpha value is -0.740. The predicted octanol–water partition coefficient (Wildman–Crippen LogP) is 4.07. The molecule has 5 heteroatoms. The molecule has 1 aromatic carbocycles. The van der Waals surface area contributed by atoms with Crippen LogP contribution in [0.3, 0.4) is 0 Å². The van der Waals surface area contributed by atoms with E-state index < -0.39 is 5.97 Å². The number of rotatable bonds is 5. The number of esters is 1. The first-order valence-electron chi connectivity index (χ1n) is 5.30. The van der Waals surface area contributed by atoms with Gasteiger partial charge in [-0.05, 0) is 18.6 Å². The van der Waals surface area contributed by atoms with E-state index in [9.17, 15) is 4.79 Å². The Morgan fingerprint density at radius 2 is 2.18 bits per heavy atom. The minimum atomic E-state index is -0.475. The fourth-order valence-corrected chi connectivity index (χ4v) is 1.93. The fraction of sp³-hybridized carbons (Fsp3) is 0.417. The smallest absolute Gasteiger partial charge is 0.339 e. The van der Waals surface area contributed by atoms with Crippen LogP contribution in [-0.2, 0) is 4.74 Å². The van der Waals surface area contributed by atoms with Gasteiger partial charge < -0.3 is 9.47 Å². The first-order chi connectivity index (χ1) is 8.10. The van der Waals surface area contributed by atoms with Crippen LogP contribution in [0.2, 0.25) is 5.02 Å². The Balaban J connectivity index is 2.97. The summed E-state index contributed by atoms with van der Waals surface area (Å²) in [6.07, 6.45) is 1.98. The minimum absolute atomic E-state index is 0.288. The van der Waals surface area contributed by atoms with Crippen LogP contribution in [0.5, 0.6) is 5.75 Å². The molecule has 0 fully saturated rings. The van der Waals surface area contributed by atoms with Crippen molar-refractivity contribution in [3.8, 4) is 5.75 Å². The van der Waals surface area contributed by atoms with Crippen molar-refractivity contribution in [1.29, 1.82) is 0 Å². The number of ether oxygens (including phenoxy) is 2. The average molecular weight is 322 g/mol. The number of benzene rings is 1. The van der Waals surface area contributed by atoms with Gasteiger partial charge in [0.15, 0.2) is 0 Å². The van der Waals surface area contributed by atoms with Gasteiger partial charge in [0.1, 0.15) is 5.75 Å². The van der Waals surface area contributed by atoms with E-state index in [0.29, 0.717) is 17.9 Å². The molecule has 0 bridgehead atoms. The maximum Gasteiger partial charge on any atom is 0.339 e. The van der Waals surface area contributed by atoms with Gasteiger partial charge in [0.25, 0.3) is 0 Å². The summed E-state index contributed by atoms with van der Waals surface area (Å²) in [6.45, 7) is 2.65. The van der Waals surface area contributed by atoms with Crippen molar-refractivity contribution in [2.45, 2.75) is 19.8 Å². The molecule has 0 atom stereocenters. The number of carbonyl (C=O) groups excluding carboxylic acids is 1. The normalized spacial score (nSPS) is 10.1. The van der Waals surface area contributed by atoms with E-state index in [-0.39, 0.29) is 5.02 Å². The molecule has 0 unspecified atom stereocenters. The summed E-state index contributed by atoms with van der Waals surface area (Å²) >= 11 is 9.39. The first kappa shape index (κ1) is 14.3. The Kier molecular flexibility index (Phi) is 5.78. The second-order valence-electron chi connectivity index (χ2n) is 3.46. The van der Waals surface area contributed by atoms with Crippen LogP contribution in [0, 0.1) is 0 Å². The number of methoxy groups -OCH3 is 1. The van der Waals surface area contributed by atoms with Gasteiger partial charge in [-0.2, -0.15) is 0 Å². The summed E-state index contributed by atoms with van der Waals surface area (Å²) in [7, 11) is 1.32. The van der Waals surface area contributed by atoms with Gasteiger partial charge in [0.2, 0.25) is 0 Å². The Labute approximate surface area is 114 Å². The zero-order chi connectivity index (χ0) is 12.8. The summed E-state index contributed by atoms with van der Waals surface area (Å²) in [5.74, 6) is 0.0199. The highest BCUT2D eigenvalue weighted by atomic mass is 79.9. The molecule has 0 aromatic heterocycles. The van der Waals surface area contributed by atoms with Gasteiger partial charge >= 0.3 is 5.97 Å². The Bertz CT molecular complexity index is 407. The van der Waals surface area contributed by atoms with Crippen LogP contribution in [0.1, 0.15) is 30.1 Å². The van der Waals surface area contributed by atoms with E-state index in [2.05, 4.69) is 27.6 Å². The number of halogens is 2. The minimum Gasteiger partial charge on any atom is -0.492 e. The van der Waals surface area contributed by atoms with Crippen molar-refractivity contribution in [3.05, 3.63) is 27.2 Å². The molecule has 94 valence electrons. The second kappa shape index (κ2) is 6.87. The monoisotopic (exact) mass is 320 g/mol. The van der Waals surface area contributed by atoms with Crippen LogP contribution in [0.4, 0.5) is 0 Å². The summed E-state index contributed by atoms with van der Waals surface area (Å²) in [6, 6.07) is 3.35. The van der Waals surface area contributed by atoms with Crippen molar-refractivity contribution in [2.24, 2.45) is 0 Å². The lowest BCUT2D eigenvalue weighted by atomic mass is 10.2. The van der Waals surface area contributed by atoms with Crippen molar-refractivity contribution in [2.75, 3.05) is 13.7 Å². The molecule has 1 aromatic rings. The first-order valence-corrected chi connectivity index (χ1v) is 6.47. The molecular formula is C12H14BrClO3. The molecule has 0 amide bonds. The van der Waals surface area contributed by atoms with Crippen molar-refractivity contribution >= 4 is 33.5 Å². The molecular weight excluding hydrogens is 307 g/mol. The molecule has 0 heterocycles. The zero-order valence-corrected chi connectivity index (χ0v) is 12.1. The third kappa shape index (κ3) is 3.89. The van der Waals surface area contributed by atoms with Crippen molar-refractivity contribution < 1.29 is 14.3 Å². The van der Waals surface area contributed by atoms with E-state index in [1.165, 1.54) is 7.11 Å². The molecule has 0 aliphatic carbocycles. The molecule has 0 saturated heterocycles. The van der Waals surface area contributed by atoms with Gasteiger partial charge in [-0.25, -0.2) is 4.79 Å². The molecule has 0 N–H and O–H groups in total. The van der Waals surface area contributed by atoms with Crippen molar-refractivity contribution in [1.82, 2.24) is 0 Å². The van der Waals surface area contributed by atoms with E-state index in [4.69, 9.17) is 16.3 Å². The lowest BCUT2D eigenvalue weighted by Crippen LogP contribution is -2.05. The van der Waals surface area contributed by atoms with Crippen LogP contribution in [0.25, 0.3) is 0 Å². The lowest BCUT2D eigenvalue weighted by molar-refractivity contribution is 0.0600. The van der Waals surface area contributed by atoms with Gasteiger partial charge in [-0.3, -0.25) is 0 Å². The fourth-order valence-electron chi connectivity index (χ4n) is 1.25. The van der Waals surface area contributed by atoms with Crippen LogP contribution < -0.4 is 4.74 Å². The van der Waals surface area contributed by atoms with Crippen LogP contribution in [0.15, 0.2) is 16.6 Å². The SMILES string of the molecule is CCCCOc1cc(Br)cc(C(=O)OC)c1Cl. The molecule has 1 rings (SSSR count). The Morgan fingerprint density at radius 1 is 1.47 bits per heavy atom. The van der Waals surface area contributed by atoms with Crippen LogP contribution in [-0.4, -0.2) is 19.7 Å². The van der Waals surface area contributed by atoms with Crippen molar-refractivity contribution in [3.63, 3.8) is 0 Å². The predicted molar refractivity (Wildman–Crippen MR) is 70.9 cm³/mol. The quantitative estimate of drug-likeness (QED) is 0.606. The second-order valence-corrected chi connectivity index (χ2v) is 4.75. The highest BCUT2D eigenvalue weighted by Gasteiger charge is 2.16. The number of unbranched alkanes of at least 4 members (excludes halogenated alkanes) is 1. The Morgan fingerprint density at radius 3 is 2.76 bits per heavy atom. The summed E-state index contributed by atoms with van der Waals surface area (Å²) in [5.41, 5.74) is 0.301. The topological polar surface area (TPSA) is 35.5 Å². The third-order valence-corrected chi connectivity index (χ3v) is 3.01. The van der Waals surface area contributed by atoms with Gasteiger partial charge in [-0.1, -0.05) is 40.9 Å². The van der Waals surface area contributed by atoms with E-state index in [1.54, 1.807) is 12.1 Å². The highest BCUT2D eigenvalue weighted by Crippen LogP contribution is 2.32. The standard InChI is InChI=1S/C12H14BrClO3/c1-3-4-5-17-10-7-8(13)6-9(11(10)14)12(15)16-2/h6-7H,3-5H2,1-2H3. The molecule has 0 aliphatic rings. The van der Waals surface area contributed by atoms with E-state index in [0.717, 1.165) is 17.3 Å². The highest BCUT2D eigenvalue weighted by molar-refractivity contribution is 9.10. The molecule has 0 radical (unpaired) electrons. The summed E-state index contributed by atoms with van der Waals surface area (Å²) in [4.78, 5) is 11.5. The van der Waals surface area contributed by atoms with Crippen LogP contribution >= 0.6 is 27.5 Å². The maximum absolute atomic E-state index is 11.5. The van der Waals surface area contributed by atoms with E-state index >= 15 is 0 Å². The maximum atomic E-state index is 11.5. The average Bonchev–Trinajstić information content (AvgIpc) is 2.32. The summed E-state index contributed by atoms with van der Waals surface area (Å²) < 4.78 is 10.9. The number of hydrogen-bond acceptors (Lipinski definition) is 3. The molecule has 0 spiro atoms. The molecule has 0 aliphatic heterocycles. The summed E-state index contributed by atoms with van der Waals surface area (Å²) in [5, 5.41) is 0.288. The molecule has 3 nitrogen and oxygen atoms in total. The number of hydrogen-bond donors (Lipinski definition) is 0. The van der Waals surface area contributed by atoms with Gasteiger partial charge in [0, 0.05) is 4.47 Å².